The third kappa shape index (κ3) is 3.31. The molecule has 4 rings (SSSR count). The van der Waals surface area contributed by atoms with E-state index < -0.39 is 0 Å². The van der Waals surface area contributed by atoms with Gasteiger partial charge in [0, 0.05) is 17.8 Å². The van der Waals surface area contributed by atoms with Gasteiger partial charge < -0.3 is 10.3 Å². The molecule has 0 spiro atoms. The monoisotopic (exact) mass is 391 g/mol. The molecule has 142 valence electrons. The normalized spacial score (nSPS) is 13.1. The van der Waals surface area contributed by atoms with Crippen molar-refractivity contribution in [2.24, 2.45) is 0 Å². The number of allylic oxidation sites excluding steroid dienone is 1. The van der Waals surface area contributed by atoms with Crippen LogP contribution in [0.2, 0.25) is 0 Å². The molecule has 0 fully saturated rings. The Hall–Kier alpha value is -2.99. The maximum Gasteiger partial charge on any atom is 0.262 e. The number of hydrogen-bond acceptors (Lipinski definition) is 3. The highest BCUT2D eigenvalue weighted by Crippen LogP contribution is 2.28. The van der Waals surface area contributed by atoms with Crippen molar-refractivity contribution in [2.45, 2.75) is 32.2 Å². The van der Waals surface area contributed by atoms with Crippen LogP contribution in [0.5, 0.6) is 0 Å². The number of anilines is 1. The molecular weight excluding hydrogens is 370 g/mol. The van der Waals surface area contributed by atoms with Gasteiger partial charge in [-0.15, -0.1) is 6.58 Å². The van der Waals surface area contributed by atoms with E-state index in [1.54, 1.807) is 24.3 Å². The predicted molar refractivity (Wildman–Crippen MR) is 115 cm³/mol. The molecule has 1 heterocycles. The number of amides is 1. The summed E-state index contributed by atoms with van der Waals surface area (Å²) in [6.07, 6.45) is 6.00. The van der Waals surface area contributed by atoms with Crippen LogP contribution in [0.25, 0.3) is 10.9 Å². The summed E-state index contributed by atoms with van der Waals surface area (Å²) >= 11 is 5.27. The molecule has 3 aromatic rings. The van der Waals surface area contributed by atoms with Crippen molar-refractivity contribution >= 4 is 34.7 Å². The third-order valence-corrected chi connectivity index (χ3v) is 5.52. The summed E-state index contributed by atoms with van der Waals surface area (Å²) in [6, 6.07) is 11.1. The van der Waals surface area contributed by atoms with Gasteiger partial charge in [0.1, 0.15) is 0 Å². The van der Waals surface area contributed by atoms with E-state index in [4.69, 9.17) is 12.2 Å². The molecule has 6 heteroatoms. The number of hydrogen-bond donors (Lipinski definition) is 2. The van der Waals surface area contributed by atoms with Crippen molar-refractivity contribution in [3.63, 3.8) is 0 Å². The van der Waals surface area contributed by atoms with Gasteiger partial charge in [0.05, 0.1) is 10.9 Å². The number of H-pyrrole nitrogens is 1. The molecular formula is C22H21N3O2S. The standard InChI is InChI=1S/C22H21N3O2S/c1-2-12-25-21(27)17-11-10-15(13-19(17)24-22(25)28)20(26)23-18-9-5-7-14-6-3-4-8-16(14)18/h2,5,7,9-11,13H,1,3-4,6,8,12H2,(H,23,26)(H,24,28). The van der Waals surface area contributed by atoms with Crippen LogP contribution in [0.3, 0.4) is 0 Å². The summed E-state index contributed by atoms with van der Waals surface area (Å²) in [7, 11) is 0. The Morgan fingerprint density at radius 2 is 2.07 bits per heavy atom. The summed E-state index contributed by atoms with van der Waals surface area (Å²) < 4.78 is 1.76. The van der Waals surface area contributed by atoms with Crippen molar-refractivity contribution in [2.75, 3.05) is 5.32 Å². The molecule has 0 saturated carbocycles. The molecule has 0 atom stereocenters. The van der Waals surface area contributed by atoms with E-state index in [0.717, 1.165) is 24.9 Å². The van der Waals surface area contributed by atoms with Gasteiger partial charge in [0.2, 0.25) is 0 Å². The third-order valence-electron chi connectivity index (χ3n) is 5.20. The number of nitrogens with one attached hydrogen (secondary N) is 2. The topological polar surface area (TPSA) is 66.9 Å². The van der Waals surface area contributed by atoms with Gasteiger partial charge in [-0.05, 0) is 73.3 Å². The van der Waals surface area contributed by atoms with Crippen molar-refractivity contribution < 1.29 is 4.79 Å². The molecule has 0 aliphatic heterocycles. The Kier molecular flexibility index (Phi) is 4.96. The van der Waals surface area contributed by atoms with Gasteiger partial charge >= 0.3 is 0 Å². The summed E-state index contributed by atoms with van der Waals surface area (Å²) in [4.78, 5) is 28.5. The molecule has 0 radical (unpaired) electrons. The molecule has 0 unspecified atom stereocenters. The summed E-state index contributed by atoms with van der Waals surface area (Å²) in [5.74, 6) is -0.199. The first-order valence-electron chi connectivity index (χ1n) is 9.38. The summed E-state index contributed by atoms with van der Waals surface area (Å²) in [5.41, 5.74) is 4.26. The summed E-state index contributed by atoms with van der Waals surface area (Å²) in [5, 5.41) is 3.53. The number of carbonyl (C=O) groups is 1. The minimum absolute atomic E-state index is 0.192. The molecule has 1 aliphatic rings. The first-order chi connectivity index (χ1) is 13.6. The van der Waals surface area contributed by atoms with Crippen LogP contribution in [0, 0.1) is 4.77 Å². The van der Waals surface area contributed by atoms with Gasteiger partial charge in [-0.1, -0.05) is 18.2 Å². The smallest absolute Gasteiger partial charge is 0.262 e. The number of aromatic amines is 1. The van der Waals surface area contributed by atoms with Crippen LogP contribution in [-0.4, -0.2) is 15.5 Å². The van der Waals surface area contributed by atoms with Crippen molar-refractivity contribution in [3.05, 3.63) is 80.9 Å². The lowest BCUT2D eigenvalue weighted by atomic mass is 9.90. The summed E-state index contributed by atoms with van der Waals surface area (Å²) in [6.45, 7) is 3.99. The Balaban J connectivity index is 1.69. The molecule has 2 N–H and O–H groups in total. The minimum atomic E-state index is -0.199. The fourth-order valence-corrected chi connectivity index (χ4v) is 4.05. The SMILES string of the molecule is C=CCn1c(=S)[nH]c2cc(C(=O)Nc3cccc4c3CCCC4)ccc2c1=O. The molecule has 28 heavy (non-hydrogen) atoms. The predicted octanol–water partition coefficient (Wildman–Crippen LogP) is 4.38. The van der Waals surface area contributed by atoms with Gasteiger partial charge in [-0.2, -0.15) is 0 Å². The van der Waals surface area contributed by atoms with Crippen LogP contribution in [-0.2, 0) is 19.4 Å². The van der Waals surface area contributed by atoms with Crippen LogP contribution in [0.15, 0.2) is 53.8 Å². The lowest BCUT2D eigenvalue weighted by Crippen LogP contribution is -2.22. The highest BCUT2D eigenvalue weighted by molar-refractivity contribution is 7.71. The van der Waals surface area contributed by atoms with Crippen molar-refractivity contribution in [1.29, 1.82) is 0 Å². The van der Waals surface area contributed by atoms with E-state index in [1.165, 1.54) is 22.1 Å². The van der Waals surface area contributed by atoms with E-state index in [-0.39, 0.29) is 11.5 Å². The number of aromatic nitrogens is 2. The average Bonchev–Trinajstić information content (AvgIpc) is 2.71. The van der Waals surface area contributed by atoms with E-state index in [0.29, 0.717) is 27.8 Å². The number of benzene rings is 2. The van der Waals surface area contributed by atoms with Gasteiger partial charge in [0.15, 0.2) is 4.77 Å². The number of aryl methyl sites for hydroxylation is 1. The fourth-order valence-electron chi connectivity index (χ4n) is 3.78. The van der Waals surface area contributed by atoms with Crippen molar-refractivity contribution in [1.82, 2.24) is 9.55 Å². The number of nitrogens with zero attached hydrogens (tertiary/aromatic N) is 1. The minimum Gasteiger partial charge on any atom is -0.332 e. The first kappa shape index (κ1) is 18.4. The molecule has 5 nitrogen and oxygen atoms in total. The zero-order valence-corrected chi connectivity index (χ0v) is 16.3. The fraction of sp³-hybridized carbons (Fsp3) is 0.227. The zero-order valence-electron chi connectivity index (χ0n) is 15.5. The van der Waals surface area contributed by atoms with E-state index in [2.05, 4.69) is 22.9 Å². The molecule has 0 bridgehead atoms. The Bertz CT molecular complexity index is 1210. The molecule has 0 saturated heterocycles. The van der Waals surface area contributed by atoms with E-state index in [9.17, 15) is 9.59 Å². The Morgan fingerprint density at radius 3 is 2.89 bits per heavy atom. The Labute approximate surface area is 167 Å². The second kappa shape index (κ2) is 7.56. The number of fused-ring (bicyclic) bond motifs is 2. The number of rotatable bonds is 4. The molecule has 1 aromatic heterocycles. The maximum atomic E-state index is 12.8. The van der Waals surface area contributed by atoms with Crippen LogP contribution >= 0.6 is 12.2 Å². The highest BCUT2D eigenvalue weighted by atomic mass is 32.1. The van der Waals surface area contributed by atoms with Gasteiger partial charge in [0.25, 0.3) is 11.5 Å². The van der Waals surface area contributed by atoms with E-state index >= 15 is 0 Å². The quantitative estimate of drug-likeness (QED) is 0.512. The van der Waals surface area contributed by atoms with Crippen molar-refractivity contribution in [3.8, 4) is 0 Å². The number of carbonyl (C=O) groups excluding carboxylic acids is 1. The molecule has 1 aliphatic carbocycles. The average molecular weight is 391 g/mol. The molecule has 1 amide bonds. The second-order valence-corrected chi connectivity index (χ2v) is 7.39. The largest absolute Gasteiger partial charge is 0.332 e. The Morgan fingerprint density at radius 1 is 1.25 bits per heavy atom. The lowest BCUT2D eigenvalue weighted by Gasteiger charge is -2.19. The van der Waals surface area contributed by atoms with Crippen LogP contribution in [0.1, 0.15) is 34.3 Å². The highest BCUT2D eigenvalue weighted by Gasteiger charge is 2.16. The van der Waals surface area contributed by atoms with Gasteiger partial charge in [-0.3, -0.25) is 14.2 Å². The second-order valence-electron chi connectivity index (χ2n) is 7.00. The first-order valence-corrected chi connectivity index (χ1v) is 9.79. The van der Waals surface area contributed by atoms with Crippen LogP contribution in [0.4, 0.5) is 5.69 Å². The zero-order chi connectivity index (χ0) is 19.7. The van der Waals surface area contributed by atoms with Gasteiger partial charge in [-0.25, -0.2) is 0 Å². The lowest BCUT2D eigenvalue weighted by molar-refractivity contribution is 0.102. The van der Waals surface area contributed by atoms with Crippen LogP contribution < -0.4 is 10.9 Å². The molecule has 2 aromatic carbocycles. The van der Waals surface area contributed by atoms with E-state index in [1.807, 2.05) is 12.1 Å². The maximum absolute atomic E-state index is 12.8.